The Morgan fingerprint density at radius 1 is 1.33 bits per heavy atom. The minimum atomic E-state index is 0.130. The first-order valence-electron chi connectivity index (χ1n) is 4.06. The zero-order chi connectivity index (χ0) is 8.39. The van der Waals surface area contributed by atoms with Crippen LogP contribution in [0.3, 0.4) is 0 Å². The second-order valence-electron chi connectivity index (χ2n) is 3.02. The first-order valence-corrected chi connectivity index (χ1v) is 4.06. The van der Waals surface area contributed by atoms with Crippen molar-refractivity contribution in [1.29, 1.82) is 0 Å². The maximum Gasteiger partial charge on any atom is 0.293 e. The van der Waals surface area contributed by atoms with Gasteiger partial charge in [-0.2, -0.15) is 0 Å². The second-order valence-corrected chi connectivity index (χ2v) is 3.02. The van der Waals surface area contributed by atoms with Gasteiger partial charge < -0.3 is 4.74 Å². The van der Waals surface area contributed by atoms with E-state index in [4.69, 9.17) is 4.74 Å². The summed E-state index contributed by atoms with van der Waals surface area (Å²) in [5.41, 5.74) is 1.27. The summed E-state index contributed by atoms with van der Waals surface area (Å²) in [7, 11) is 0. The summed E-state index contributed by atoms with van der Waals surface area (Å²) in [6.45, 7) is 0.535. The second kappa shape index (κ2) is 2.97. The molecular formula is C10H10O2. The van der Waals surface area contributed by atoms with Crippen LogP contribution in [0.2, 0.25) is 0 Å². The zero-order valence-electron chi connectivity index (χ0n) is 6.64. The van der Waals surface area contributed by atoms with Crippen LogP contribution in [0.25, 0.3) is 0 Å². The topological polar surface area (TPSA) is 26.3 Å². The summed E-state index contributed by atoms with van der Waals surface area (Å²) < 4.78 is 4.84. The molecule has 0 aliphatic heterocycles. The van der Waals surface area contributed by atoms with E-state index >= 15 is 0 Å². The molecule has 2 rings (SSSR count). The van der Waals surface area contributed by atoms with Gasteiger partial charge in [0.2, 0.25) is 0 Å². The average molecular weight is 162 g/mol. The minimum absolute atomic E-state index is 0.130. The third kappa shape index (κ3) is 1.33. The van der Waals surface area contributed by atoms with Crippen LogP contribution in [-0.2, 0) is 9.53 Å². The molecule has 1 aliphatic rings. The monoisotopic (exact) mass is 162 g/mol. The highest BCUT2D eigenvalue weighted by molar-refractivity contribution is 5.40. The molecular weight excluding hydrogens is 152 g/mol. The highest BCUT2D eigenvalue weighted by Crippen LogP contribution is 2.42. The molecule has 2 heteroatoms. The van der Waals surface area contributed by atoms with Crippen LogP contribution in [-0.4, -0.2) is 12.6 Å². The lowest BCUT2D eigenvalue weighted by atomic mass is 10.1. The van der Waals surface area contributed by atoms with Crippen LogP contribution in [0.5, 0.6) is 0 Å². The zero-order valence-corrected chi connectivity index (χ0v) is 6.64. The summed E-state index contributed by atoms with van der Waals surface area (Å²) in [6, 6.07) is 10.1. The van der Waals surface area contributed by atoms with Gasteiger partial charge in [-0.3, -0.25) is 4.79 Å². The van der Waals surface area contributed by atoms with E-state index in [1.165, 1.54) is 5.56 Å². The summed E-state index contributed by atoms with van der Waals surface area (Å²) in [5, 5.41) is 0. The van der Waals surface area contributed by atoms with Crippen LogP contribution in [0.1, 0.15) is 17.9 Å². The van der Waals surface area contributed by atoms with Gasteiger partial charge in [0.25, 0.3) is 6.47 Å². The number of rotatable bonds is 3. The maximum absolute atomic E-state index is 10.0. The van der Waals surface area contributed by atoms with E-state index in [2.05, 4.69) is 12.1 Å². The Bertz CT molecular complexity index is 268. The van der Waals surface area contributed by atoms with E-state index in [0.717, 1.165) is 6.42 Å². The van der Waals surface area contributed by atoms with Gasteiger partial charge in [-0.15, -0.1) is 0 Å². The number of carbonyl (C=O) groups is 1. The van der Waals surface area contributed by atoms with Crippen LogP contribution >= 0.6 is 0 Å². The highest BCUT2D eigenvalue weighted by atomic mass is 16.5. The molecule has 1 saturated carbocycles. The van der Waals surface area contributed by atoms with E-state index < -0.39 is 0 Å². The fraction of sp³-hybridized carbons (Fsp3) is 0.300. The summed E-state index contributed by atoms with van der Waals surface area (Å²) in [6.07, 6.45) is 1.10. The molecule has 0 bridgehead atoms. The molecule has 1 aromatic carbocycles. The molecule has 62 valence electrons. The molecule has 1 fully saturated rings. The average Bonchev–Trinajstić information content (AvgIpc) is 2.87. The quantitative estimate of drug-likeness (QED) is 0.632. The molecule has 0 unspecified atom stereocenters. The number of carbonyl (C=O) groups excluding carboxylic acids is 1. The molecule has 0 saturated heterocycles. The van der Waals surface area contributed by atoms with Crippen molar-refractivity contribution in [2.24, 2.45) is 0 Å². The van der Waals surface area contributed by atoms with Crippen molar-refractivity contribution in [1.82, 2.24) is 0 Å². The largest absolute Gasteiger partial charge is 0.464 e. The Labute approximate surface area is 71.2 Å². The molecule has 1 aliphatic carbocycles. The van der Waals surface area contributed by atoms with Gasteiger partial charge in [-0.1, -0.05) is 30.3 Å². The van der Waals surface area contributed by atoms with Gasteiger partial charge in [0, 0.05) is 5.92 Å². The predicted octanol–water partition coefficient (Wildman–Crippen LogP) is 1.72. The van der Waals surface area contributed by atoms with Crippen LogP contribution < -0.4 is 0 Å². The number of benzene rings is 1. The molecule has 1 aromatic rings. The third-order valence-corrected chi connectivity index (χ3v) is 2.19. The Balaban J connectivity index is 2.01. The highest BCUT2D eigenvalue weighted by Gasteiger charge is 2.40. The Kier molecular flexibility index (Phi) is 1.82. The number of hydrogen-bond donors (Lipinski definition) is 0. The normalized spacial score (nSPS) is 26.3. The van der Waals surface area contributed by atoms with Crippen molar-refractivity contribution in [3.8, 4) is 0 Å². The van der Waals surface area contributed by atoms with Gasteiger partial charge in [0.1, 0.15) is 6.10 Å². The summed E-state index contributed by atoms with van der Waals surface area (Å²) >= 11 is 0. The lowest BCUT2D eigenvalue weighted by Gasteiger charge is -1.97. The molecule has 0 spiro atoms. The molecule has 0 aromatic heterocycles. The lowest BCUT2D eigenvalue weighted by Crippen LogP contribution is -1.93. The van der Waals surface area contributed by atoms with E-state index in [1.807, 2.05) is 18.2 Å². The van der Waals surface area contributed by atoms with Crippen LogP contribution in [0.4, 0.5) is 0 Å². The van der Waals surface area contributed by atoms with E-state index in [-0.39, 0.29) is 6.10 Å². The Hall–Kier alpha value is -1.31. The number of ether oxygens (including phenoxy) is 1. The van der Waals surface area contributed by atoms with Gasteiger partial charge >= 0.3 is 0 Å². The summed E-state index contributed by atoms with van der Waals surface area (Å²) in [5.74, 6) is 0.441. The Morgan fingerprint density at radius 2 is 2.08 bits per heavy atom. The SMILES string of the molecule is O=CO[C@H]1C[C@H]1c1ccccc1. The molecule has 0 radical (unpaired) electrons. The van der Waals surface area contributed by atoms with Gasteiger partial charge in [-0.05, 0) is 12.0 Å². The van der Waals surface area contributed by atoms with E-state index in [0.29, 0.717) is 12.4 Å². The smallest absolute Gasteiger partial charge is 0.293 e. The Morgan fingerprint density at radius 3 is 2.75 bits per heavy atom. The van der Waals surface area contributed by atoms with Crippen molar-refractivity contribution < 1.29 is 9.53 Å². The first-order chi connectivity index (χ1) is 5.92. The molecule has 0 amide bonds. The first kappa shape index (κ1) is 7.35. The minimum Gasteiger partial charge on any atom is -0.464 e. The van der Waals surface area contributed by atoms with Gasteiger partial charge in [-0.25, -0.2) is 0 Å². The fourth-order valence-electron chi connectivity index (χ4n) is 1.44. The molecule has 2 nitrogen and oxygen atoms in total. The van der Waals surface area contributed by atoms with Crippen molar-refractivity contribution >= 4 is 6.47 Å². The van der Waals surface area contributed by atoms with Crippen LogP contribution in [0.15, 0.2) is 30.3 Å². The number of hydrogen-bond acceptors (Lipinski definition) is 2. The molecule has 0 heterocycles. The van der Waals surface area contributed by atoms with Crippen LogP contribution in [0, 0.1) is 0 Å². The van der Waals surface area contributed by atoms with Crippen molar-refractivity contribution in [2.45, 2.75) is 18.4 Å². The predicted molar refractivity (Wildman–Crippen MR) is 44.7 cm³/mol. The van der Waals surface area contributed by atoms with Crippen molar-refractivity contribution in [2.75, 3.05) is 0 Å². The standard InChI is InChI=1S/C10H10O2/c11-7-12-10-6-9(10)8-4-2-1-3-5-8/h1-5,7,9-10H,6H2/t9-,10-/m0/s1. The van der Waals surface area contributed by atoms with Gasteiger partial charge in [0.05, 0.1) is 0 Å². The summed E-state index contributed by atoms with van der Waals surface area (Å²) in [4.78, 5) is 10.0. The molecule has 0 N–H and O–H groups in total. The van der Waals surface area contributed by atoms with E-state index in [9.17, 15) is 4.79 Å². The van der Waals surface area contributed by atoms with Crippen molar-refractivity contribution in [3.05, 3.63) is 35.9 Å². The fourth-order valence-corrected chi connectivity index (χ4v) is 1.44. The maximum atomic E-state index is 10.0. The third-order valence-electron chi connectivity index (χ3n) is 2.19. The lowest BCUT2D eigenvalue weighted by molar-refractivity contribution is -0.129. The molecule has 12 heavy (non-hydrogen) atoms. The van der Waals surface area contributed by atoms with Gasteiger partial charge in [0.15, 0.2) is 0 Å². The molecule has 2 atom stereocenters. The van der Waals surface area contributed by atoms with E-state index in [1.54, 1.807) is 0 Å². The van der Waals surface area contributed by atoms with Crippen molar-refractivity contribution in [3.63, 3.8) is 0 Å².